The Morgan fingerprint density at radius 1 is 1.05 bits per heavy atom. The Labute approximate surface area is 140 Å². The van der Waals surface area contributed by atoms with E-state index in [1.54, 1.807) is 14.2 Å². The van der Waals surface area contributed by atoms with Crippen LogP contribution in [0.4, 0.5) is 0 Å². The van der Waals surface area contributed by atoms with E-state index in [0.29, 0.717) is 0 Å². The average Bonchev–Trinajstić information content (AvgIpc) is 3.07. The van der Waals surface area contributed by atoms with E-state index >= 15 is 0 Å². The molecule has 0 aromatic carbocycles. The zero-order valence-electron chi connectivity index (χ0n) is 13.4. The van der Waals surface area contributed by atoms with Gasteiger partial charge in [-0.25, -0.2) is 0 Å². The van der Waals surface area contributed by atoms with E-state index < -0.39 is 0 Å². The van der Waals surface area contributed by atoms with Gasteiger partial charge in [-0.3, -0.25) is 0 Å². The van der Waals surface area contributed by atoms with E-state index in [1.807, 2.05) is 0 Å². The fraction of sp³-hybridized carbons (Fsp3) is 0.467. The van der Waals surface area contributed by atoms with Gasteiger partial charge in [0.15, 0.2) is 0 Å². The van der Waals surface area contributed by atoms with Crippen LogP contribution in [0, 0.1) is 13.8 Å². The van der Waals surface area contributed by atoms with E-state index in [9.17, 15) is 0 Å². The topological polar surface area (TPSA) is 64.6 Å². The molecule has 0 amide bonds. The minimum absolute atomic E-state index is 0.750. The van der Waals surface area contributed by atoms with Crippen molar-refractivity contribution in [1.29, 1.82) is 0 Å². The molecular weight excluding hydrogens is 323 g/mol. The zero-order chi connectivity index (χ0) is 16.6. The maximum atomic E-state index is 8.25. The van der Waals surface area contributed by atoms with Crippen molar-refractivity contribution >= 4 is 17.4 Å². The summed E-state index contributed by atoms with van der Waals surface area (Å²) in [7, 11) is 5.69. The summed E-state index contributed by atoms with van der Waals surface area (Å²) in [5, 5.41) is 17.9. The summed E-state index contributed by atoms with van der Waals surface area (Å²) in [5.41, 5.74) is 4.15. The van der Waals surface area contributed by atoms with Crippen LogP contribution in [-0.2, 0) is 29.9 Å². The standard InChI is InChI=1S/C13H16O2P.2CH3O.Ti/c1-8-7-16-13(9(8)2)10-5-6-11(14-3)12(10)15-4;2*1-2;/h6,16H,5H2,1-4H3;2*1H3;/q;2*-1;+2. The molecule has 0 N–H and O–H groups in total. The van der Waals surface area contributed by atoms with Crippen LogP contribution in [0.2, 0.25) is 0 Å². The molecule has 1 atom stereocenters. The molecule has 0 saturated heterocycles. The van der Waals surface area contributed by atoms with Gasteiger partial charge in [0.2, 0.25) is 0 Å². The summed E-state index contributed by atoms with van der Waals surface area (Å²) < 4.78 is 12.3. The third-order valence-electron chi connectivity index (χ3n) is 3.28. The minimum Gasteiger partial charge on any atom is -0.857 e. The first-order valence-electron chi connectivity index (χ1n) is 6.34. The first-order chi connectivity index (χ1) is 10.1. The molecule has 1 unspecified atom stereocenters. The van der Waals surface area contributed by atoms with Crippen LogP contribution in [0.1, 0.15) is 22.8 Å². The molecule has 1 aliphatic rings. The molecule has 1 aromatic heterocycles. The van der Waals surface area contributed by atoms with Crippen LogP contribution >= 0.6 is 8.19 Å². The van der Waals surface area contributed by atoms with Gasteiger partial charge in [0, 0.05) is 0 Å². The van der Waals surface area contributed by atoms with Crippen LogP contribution in [0.5, 0.6) is 0 Å². The molecule has 1 aromatic rings. The van der Waals surface area contributed by atoms with E-state index in [4.69, 9.17) is 19.7 Å². The molecule has 0 saturated carbocycles. The Morgan fingerprint density at radius 3 is 2.00 bits per heavy atom. The quantitative estimate of drug-likeness (QED) is 0.759. The predicted octanol–water partition coefficient (Wildman–Crippen LogP) is 0.751. The smallest absolute Gasteiger partial charge is 0.153 e. The van der Waals surface area contributed by atoms with Crippen molar-refractivity contribution < 1.29 is 40.1 Å². The maximum Gasteiger partial charge on any atom is -0.153 e. The number of hydrogen-bond donors (Lipinski definition) is 0. The Hall–Kier alpha value is -0.506. The summed E-state index contributed by atoms with van der Waals surface area (Å²) in [6.07, 6.45) is 3.02. The van der Waals surface area contributed by atoms with Crippen molar-refractivity contribution in [2.24, 2.45) is 0 Å². The Balaban J connectivity index is 0.000000921. The summed E-state index contributed by atoms with van der Waals surface area (Å²) in [4.78, 5) is 0. The molecule has 0 radical (unpaired) electrons. The third kappa shape index (κ3) is 4.48. The van der Waals surface area contributed by atoms with Crippen molar-refractivity contribution in [2.75, 3.05) is 28.4 Å². The molecule has 0 bridgehead atoms. The zero-order valence-corrected chi connectivity index (χ0v) is 16.0. The molecule has 4 nitrogen and oxygen atoms in total. The van der Waals surface area contributed by atoms with E-state index in [1.165, 1.54) is 25.6 Å². The Bertz CT molecular complexity index is 518. The Kier molecular flexibility index (Phi) is 10.0. The van der Waals surface area contributed by atoms with E-state index in [0.717, 1.165) is 40.4 Å². The number of hydrogen-bond acceptors (Lipinski definition) is 4. The predicted molar refractivity (Wildman–Crippen MR) is 80.5 cm³/mol. The van der Waals surface area contributed by atoms with Gasteiger partial charge in [0.25, 0.3) is 0 Å². The molecule has 2 rings (SSSR count). The van der Waals surface area contributed by atoms with Crippen LogP contribution in [-0.4, -0.2) is 28.4 Å². The van der Waals surface area contributed by atoms with Gasteiger partial charge in [0.05, 0.1) is 0 Å². The van der Waals surface area contributed by atoms with Gasteiger partial charge >= 0.3 is 116 Å². The molecule has 0 fully saturated rings. The van der Waals surface area contributed by atoms with Crippen LogP contribution in [0.15, 0.2) is 17.6 Å². The SMILES string of the molecule is COC1=CCC(c2[pH][c]([Ti+2])c(C)c2C)=C1OC.C[O-].C[O-]. The van der Waals surface area contributed by atoms with Gasteiger partial charge in [-0.15, -0.1) is 0 Å². The monoisotopic (exact) mass is 345 g/mol. The largest absolute Gasteiger partial charge is 0.857 e. The van der Waals surface area contributed by atoms with Gasteiger partial charge in [-0.1, -0.05) is 0 Å². The fourth-order valence-corrected chi connectivity index (χ4v) is 4.38. The van der Waals surface area contributed by atoms with Crippen molar-refractivity contribution in [2.45, 2.75) is 20.3 Å². The van der Waals surface area contributed by atoms with Crippen LogP contribution < -0.4 is 13.8 Å². The number of methoxy groups -OCH3 is 2. The molecular formula is C15H22O4PTi. The number of rotatable bonds is 3. The molecule has 6 heteroatoms. The minimum atomic E-state index is 0.750. The molecule has 1 heterocycles. The van der Waals surface area contributed by atoms with Crippen molar-refractivity contribution in [3.05, 3.63) is 34.0 Å². The first-order valence-corrected chi connectivity index (χ1v) is 8.12. The van der Waals surface area contributed by atoms with Gasteiger partial charge in [0.1, 0.15) is 0 Å². The average molecular weight is 345 g/mol. The van der Waals surface area contributed by atoms with Crippen molar-refractivity contribution in [1.82, 2.24) is 0 Å². The molecule has 0 spiro atoms. The normalized spacial score (nSPS) is 13.3. The van der Waals surface area contributed by atoms with E-state index in [2.05, 4.69) is 40.4 Å². The maximum absolute atomic E-state index is 8.25. The molecule has 0 aliphatic heterocycles. The first kappa shape index (κ1) is 20.5. The molecule has 21 heavy (non-hydrogen) atoms. The summed E-state index contributed by atoms with van der Waals surface area (Å²) in [5.74, 6) is 1.78. The third-order valence-corrected chi connectivity index (χ3v) is 6.00. The Morgan fingerprint density at radius 2 is 1.62 bits per heavy atom. The second kappa shape index (κ2) is 10.3. The molecule has 115 valence electrons. The molecule has 1 aliphatic carbocycles. The van der Waals surface area contributed by atoms with Crippen molar-refractivity contribution in [3.63, 3.8) is 0 Å². The summed E-state index contributed by atoms with van der Waals surface area (Å²) >= 11 is 2.22. The summed E-state index contributed by atoms with van der Waals surface area (Å²) in [6, 6.07) is 0. The number of ether oxygens (including phenoxy) is 2. The summed E-state index contributed by atoms with van der Waals surface area (Å²) in [6.45, 7) is 4.41. The number of allylic oxidation sites excluding steroid dienone is 2. The van der Waals surface area contributed by atoms with Gasteiger partial charge in [-0.2, -0.15) is 14.2 Å². The van der Waals surface area contributed by atoms with Crippen molar-refractivity contribution in [3.8, 4) is 0 Å². The van der Waals surface area contributed by atoms with Crippen LogP contribution in [0.25, 0.3) is 5.57 Å². The van der Waals surface area contributed by atoms with Gasteiger partial charge < -0.3 is 10.2 Å². The van der Waals surface area contributed by atoms with Crippen LogP contribution in [0.3, 0.4) is 0 Å². The van der Waals surface area contributed by atoms with E-state index in [-0.39, 0.29) is 0 Å². The fourth-order valence-electron chi connectivity index (χ4n) is 2.13. The second-order valence-electron chi connectivity index (χ2n) is 4.11. The van der Waals surface area contributed by atoms with Gasteiger partial charge in [-0.05, 0) is 0 Å². The second-order valence-corrected chi connectivity index (χ2v) is 6.92.